The highest BCUT2D eigenvalue weighted by atomic mass is 35.5. The molecule has 0 radical (unpaired) electrons. The molecular formula is C21H19Cl2NO3. The smallest absolute Gasteiger partial charge is 0.291 e. The molecular weight excluding hydrogens is 385 g/mol. The summed E-state index contributed by atoms with van der Waals surface area (Å²) in [5.74, 6) is 1.35. The Balaban J connectivity index is 1.60. The molecule has 0 aliphatic carbocycles. The van der Waals surface area contributed by atoms with E-state index in [1.54, 1.807) is 30.3 Å². The molecule has 0 fully saturated rings. The molecule has 1 amide bonds. The molecule has 3 rings (SSSR count). The zero-order valence-corrected chi connectivity index (χ0v) is 16.5. The van der Waals surface area contributed by atoms with Crippen molar-refractivity contribution in [3.63, 3.8) is 0 Å². The maximum Gasteiger partial charge on any atom is 0.291 e. The monoisotopic (exact) mass is 403 g/mol. The molecule has 140 valence electrons. The van der Waals surface area contributed by atoms with Crippen molar-refractivity contribution in [1.29, 1.82) is 0 Å². The predicted molar refractivity (Wildman–Crippen MR) is 108 cm³/mol. The maximum absolute atomic E-state index is 12.3. The molecule has 3 aromatic rings. The lowest BCUT2D eigenvalue weighted by Crippen LogP contribution is -2.10. The summed E-state index contributed by atoms with van der Waals surface area (Å²) in [6.07, 6.45) is 0. The second kappa shape index (κ2) is 8.51. The van der Waals surface area contributed by atoms with Crippen molar-refractivity contribution in [3.8, 4) is 5.75 Å². The Hall–Kier alpha value is -2.43. The van der Waals surface area contributed by atoms with E-state index in [0.717, 1.165) is 0 Å². The van der Waals surface area contributed by atoms with Crippen LogP contribution >= 0.6 is 23.2 Å². The van der Waals surface area contributed by atoms with E-state index in [1.807, 2.05) is 24.3 Å². The summed E-state index contributed by atoms with van der Waals surface area (Å²) in [7, 11) is 0. The van der Waals surface area contributed by atoms with Crippen molar-refractivity contribution in [2.75, 3.05) is 5.32 Å². The van der Waals surface area contributed by atoms with Gasteiger partial charge in [0.25, 0.3) is 5.91 Å². The molecule has 0 saturated carbocycles. The van der Waals surface area contributed by atoms with Crippen LogP contribution in [0.4, 0.5) is 5.69 Å². The quantitative estimate of drug-likeness (QED) is 0.507. The van der Waals surface area contributed by atoms with Gasteiger partial charge in [-0.05, 0) is 53.9 Å². The van der Waals surface area contributed by atoms with E-state index in [9.17, 15) is 4.79 Å². The Morgan fingerprint density at radius 1 is 1.07 bits per heavy atom. The summed E-state index contributed by atoms with van der Waals surface area (Å²) in [4.78, 5) is 12.3. The van der Waals surface area contributed by atoms with Crippen molar-refractivity contribution < 1.29 is 13.9 Å². The summed E-state index contributed by atoms with van der Waals surface area (Å²) in [5.41, 5.74) is 1.93. The van der Waals surface area contributed by atoms with Crippen LogP contribution in [0.15, 0.2) is 59.0 Å². The van der Waals surface area contributed by atoms with Gasteiger partial charge in [0.2, 0.25) is 0 Å². The first-order chi connectivity index (χ1) is 12.9. The Morgan fingerprint density at radius 2 is 1.81 bits per heavy atom. The molecule has 4 nitrogen and oxygen atoms in total. The van der Waals surface area contributed by atoms with Crippen molar-refractivity contribution in [1.82, 2.24) is 0 Å². The fourth-order valence-electron chi connectivity index (χ4n) is 2.46. The second-order valence-corrected chi connectivity index (χ2v) is 7.20. The van der Waals surface area contributed by atoms with Crippen LogP contribution in [0.1, 0.15) is 41.6 Å². The number of benzene rings is 2. The zero-order chi connectivity index (χ0) is 19.4. The van der Waals surface area contributed by atoms with E-state index < -0.39 is 0 Å². The number of rotatable bonds is 6. The first-order valence-corrected chi connectivity index (χ1v) is 9.26. The number of nitrogens with one attached hydrogen (secondary N) is 1. The predicted octanol–water partition coefficient (Wildman–Crippen LogP) is 6.54. The lowest BCUT2D eigenvalue weighted by Gasteiger charge is -2.08. The highest BCUT2D eigenvalue weighted by Gasteiger charge is 2.13. The molecule has 1 heterocycles. The lowest BCUT2D eigenvalue weighted by molar-refractivity contribution is 0.0992. The van der Waals surface area contributed by atoms with E-state index in [0.29, 0.717) is 33.2 Å². The van der Waals surface area contributed by atoms with Crippen LogP contribution < -0.4 is 10.1 Å². The van der Waals surface area contributed by atoms with Gasteiger partial charge in [-0.3, -0.25) is 4.79 Å². The van der Waals surface area contributed by atoms with Gasteiger partial charge in [-0.15, -0.1) is 0 Å². The number of anilines is 1. The SMILES string of the molecule is CC(C)c1ccc(NC(=O)c2ccc(COc3ccc(Cl)cc3Cl)o2)cc1. The molecule has 2 aromatic carbocycles. The number of carbonyl (C=O) groups excluding carboxylic acids is 1. The van der Waals surface area contributed by atoms with Crippen molar-refractivity contribution in [2.45, 2.75) is 26.4 Å². The molecule has 0 bridgehead atoms. The van der Waals surface area contributed by atoms with Crippen molar-refractivity contribution >= 4 is 34.8 Å². The number of hydrogen-bond acceptors (Lipinski definition) is 3. The Labute approximate surface area is 168 Å². The third-order valence-corrected chi connectivity index (χ3v) is 4.51. The van der Waals surface area contributed by atoms with Crippen molar-refractivity contribution in [2.24, 2.45) is 0 Å². The van der Waals surface area contributed by atoms with Crippen molar-refractivity contribution in [3.05, 3.63) is 81.7 Å². The van der Waals surface area contributed by atoms with Gasteiger partial charge < -0.3 is 14.5 Å². The topological polar surface area (TPSA) is 51.5 Å². The van der Waals surface area contributed by atoms with Crippen LogP contribution in [0.2, 0.25) is 10.0 Å². The Bertz CT molecular complexity index is 933. The van der Waals surface area contributed by atoms with Gasteiger partial charge in [0.05, 0.1) is 5.02 Å². The minimum atomic E-state index is -0.317. The minimum absolute atomic E-state index is 0.151. The van der Waals surface area contributed by atoms with E-state index in [1.165, 1.54) is 5.56 Å². The number of ether oxygens (including phenoxy) is 1. The Morgan fingerprint density at radius 3 is 2.48 bits per heavy atom. The van der Waals surface area contributed by atoms with Crippen LogP contribution in [-0.4, -0.2) is 5.91 Å². The molecule has 0 aliphatic rings. The fourth-order valence-corrected chi connectivity index (χ4v) is 2.93. The van der Waals surface area contributed by atoms with Gasteiger partial charge in [-0.2, -0.15) is 0 Å². The Kier molecular flexibility index (Phi) is 6.09. The number of furan rings is 1. The summed E-state index contributed by atoms with van der Waals surface area (Å²) in [6, 6.07) is 16.0. The van der Waals surface area contributed by atoms with E-state index in [-0.39, 0.29) is 18.3 Å². The van der Waals surface area contributed by atoms with Gasteiger partial charge in [0.1, 0.15) is 18.1 Å². The number of amides is 1. The molecule has 27 heavy (non-hydrogen) atoms. The molecule has 0 unspecified atom stereocenters. The van der Waals surface area contributed by atoms with Gasteiger partial charge in [-0.1, -0.05) is 49.2 Å². The average molecular weight is 404 g/mol. The third kappa shape index (κ3) is 5.06. The number of halogens is 2. The second-order valence-electron chi connectivity index (χ2n) is 6.36. The first-order valence-electron chi connectivity index (χ1n) is 8.50. The highest BCUT2D eigenvalue weighted by molar-refractivity contribution is 6.35. The molecule has 0 saturated heterocycles. The first kappa shape index (κ1) is 19.3. The summed E-state index contributed by atoms with van der Waals surface area (Å²) < 4.78 is 11.2. The van der Waals surface area contributed by atoms with Gasteiger partial charge in [0.15, 0.2) is 5.76 Å². The van der Waals surface area contributed by atoms with Crippen LogP contribution in [0.3, 0.4) is 0 Å². The minimum Gasteiger partial charge on any atom is -0.484 e. The third-order valence-electron chi connectivity index (χ3n) is 3.98. The van der Waals surface area contributed by atoms with Gasteiger partial charge >= 0.3 is 0 Å². The summed E-state index contributed by atoms with van der Waals surface area (Å²) in [5, 5.41) is 3.76. The molecule has 0 spiro atoms. The average Bonchev–Trinajstić information content (AvgIpc) is 3.10. The van der Waals surface area contributed by atoms with Crippen LogP contribution in [0, 0.1) is 0 Å². The summed E-state index contributed by atoms with van der Waals surface area (Å²) in [6.45, 7) is 4.40. The van der Waals surface area contributed by atoms with E-state index in [2.05, 4.69) is 19.2 Å². The van der Waals surface area contributed by atoms with E-state index >= 15 is 0 Å². The standard InChI is InChI=1S/C21H19Cl2NO3/c1-13(2)14-3-6-16(7-4-14)24-21(25)20-10-8-17(27-20)12-26-19-9-5-15(22)11-18(19)23/h3-11,13H,12H2,1-2H3,(H,24,25). The molecule has 1 N–H and O–H groups in total. The highest BCUT2D eigenvalue weighted by Crippen LogP contribution is 2.28. The molecule has 6 heteroatoms. The number of carbonyl (C=O) groups is 1. The van der Waals surface area contributed by atoms with Gasteiger partial charge in [0, 0.05) is 10.7 Å². The molecule has 0 atom stereocenters. The van der Waals surface area contributed by atoms with Crippen LogP contribution in [0.25, 0.3) is 0 Å². The summed E-state index contributed by atoms with van der Waals surface area (Å²) >= 11 is 11.9. The lowest BCUT2D eigenvalue weighted by atomic mass is 10.0. The molecule has 1 aromatic heterocycles. The fraction of sp³-hybridized carbons (Fsp3) is 0.190. The zero-order valence-electron chi connectivity index (χ0n) is 15.0. The van der Waals surface area contributed by atoms with E-state index in [4.69, 9.17) is 32.4 Å². The number of hydrogen-bond donors (Lipinski definition) is 1. The molecule has 0 aliphatic heterocycles. The van der Waals surface area contributed by atoms with Crippen LogP contribution in [0.5, 0.6) is 5.75 Å². The van der Waals surface area contributed by atoms with Crippen LogP contribution in [-0.2, 0) is 6.61 Å². The maximum atomic E-state index is 12.3. The normalized spacial score (nSPS) is 10.9. The largest absolute Gasteiger partial charge is 0.484 e. The van der Waals surface area contributed by atoms with Gasteiger partial charge in [-0.25, -0.2) is 0 Å².